The third-order valence-electron chi connectivity index (χ3n) is 2.98. The lowest BCUT2D eigenvalue weighted by molar-refractivity contribution is 0.0818. The monoisotopic (exact) mass is 268 g/mol. The molecular formula is C17H16O3. The van der Waals surface area contributed by atoms with E-state index < -0.39 is 6.10 Å². The summed E-state index contributed by atoms with van der Waals surface area (Å²) in [6, 6.07) is 15.9. The number of ether oxygens (including phenoxy) is 1. The van der Waals surface area contributed by atoms with Crippen molar-refractivity contribution in [2.24, 2.45) is 0 Å². The van der Waals surface area contributed by atoms with Crippen molar-refractivity contribution in [2.75, 3.05) is 0 Å². The van der Waals surface area contributed by atoms with E-state index in [4.69, 9.17) is 4.74 Å². The van der Waals surface area contributed by atoms with Crippen LogP contribution in [0.4, 0.5) is 0 Å². The molecule has 0 heterocycles. The third kappa shape index (κ3) is 3.32. The Balaban J connectivity index is 2.12. The second kappa shape index (κ2) is 6.15. The summed E-state index contributed by atoms with van der Waals surface area (Å²) < 4.78 is 5.62. The van der Waals surface area contributed by atoms with Crippen LogP contribution in [0, 0.1) is 0 Å². The van der Waals surface area contributed by atoms with Gasteiger partial charge in [0.1, 0.15) is 5.75 Å². The van der Waals surface area contributed by atoms with Gasteiger partial charge in [0, 0.05) is 11.1 Å². The Labute approximate surface area is 118 Å². The molecular weight excluding hydrogens is 252 g/mol. The molecule has 0 fully saturated rings. The normalized spacial score (nSPS) is 11.7. The Hall–Kier alpha value is -2.42. The highest BCUT2D eigenvalue weighted by molar-refractivity contribution is 5.99. The topological polar surface area (TPSA) is 43.4 Å². The minimum absolute atomic E-state index is 0.0301. The average molecular weight is 268 g/mol. The maximum Gasteiger partial charge on any atom is 0.202 e. The average Bonchev–Trinajstić information content (AvgIpc) is 2.47. The molecule has 0 aliphatic carbocycles. The molecule has 0 aliphatic heterocycles. The summed E-state index contributed by atoms with van der Waals surface area (Å²) in [5.41, 5.74) is 1.18. The molecule has 2 aromatic rings. The molecule has 3 heteroatoms. The van der Waals surface area contributed by atoms with E-state index in [2.05, 4.69) is 0 Å². The fourth-order valence-electron chi connectivity index (χ4n) is 1.88. The predicted octanol–water partition coefficient (Wildman–Crippen LogP) is 3.54. The number of Topliss-reactive ketones (excluding diaryl/α,β-unsaturated/α-hetero) is 2. The Morgan fingerprint density at radius 2 is 1.60 bits per heavy atom. The number of ketones is 2. The van der Waals surface area contributed by atoms with Crippen molar-refractivity contribution in [3.63, 3.8) is 0 Å². The van der Waals surface area contributed by atoms with Crippen LogP contribution < -0.4 is 4.74 Å². The van der Waals surface area contributed by atoms with E-state index in [1.807, 2.05) is 18.2 Å². The molecule has 20 heavy (non-hydrogen) atoms. The number of hydrogen-bond donors (Lipinski definition) is 0. The van der Waals surface area contributed by atoms with Crippen LogP contribution in [0.3, 0.4) is 0 Å². The molecule has 2 aromatic carbocycles. The minimum Gasteiger partial charge on any atom is -0.483 e. The highest BCUT2D eigenvalue weighted by Gasteiger charge is 2.16. The van der Waals surface area contributed by atoms with Gasteiger partial charge in [-0.25, -0.2) is 0 Å². The van der Waals surface area contributed by atoms with Gasteiger partial charge in [0.2, 0.25) is 5.78 Å². The first-order valence-corrected chi connectivity index (χ1v) is 6.45. The number of hydrogen-bond acceptors (Lipinski definition) is 3. The van der Waals surface area contributed by atoms with Crippen molar-refractivity contribution in [2.45, 2.75) is 20.0 Å². The van der Waals surface area contributed by atoms with E-state index >= 15 is 0 Å². The van der Waals surface area contributed by atoms with E-state index in [1.54, 1.807) is 43.3 Å². The van der Waals surface area contributed by atoms with Crippen LogP contribution in [0.2, 0.25) is 0 Å². The SMILES string of the molecule is CC(=O)c1cccc(OC(C)C(=O)c2ccccc2)c1. The zero-order valence-corrected chi connectivity index (χ0v) is 11.5. The van der Waals surface area contributed by atoms with Crippen LogP contribution in [0.15, 0.2) is 54.6 Å². The molecule has 102 valence electrons. The van der Waals surface area contributed by atoms with Gasteiger partial charge in [-0.15, -0.1) is 0 Å². The highest BCUT2D eigenvalue weighted by atomic mass is 16.5. The smallest absolute Gasteiger partial charge is 0.202 e. The van der Waals surface area contributed by atoms with E-state index in [9.17, 15) is 9.59 Å². The van der Waals surface area contributed by atoms with Crippen molar-refractivity contribution in [1.82, 2.24) is 0 Å². The molecule has 0 aliphatic rings. The van der Waals surface area contributed by atoms with Crippen LogP contribution in [0.1, 0.15) is 34.6 Å². The van der Waals surface area contributed by atoms with Gasteiger partial charge in [0.25, 0.3) is 0 Å². The maximum atomic E-state index is 12.2. The second-order valence-electron chi connectivity index (χ2n) is 4.57. The Morgan fingerprint density at radius 3 is 2.25 bits per heavy atom. The van der Waals surface area contributed by atoms with Crippen LogP contribution in [-0.4, -0.2) is 17.7 Å². The zero-order valence-electron chi connectivity index (χ0n) is 11.5. The summed E-state index contributed by atoms with van der Waals surface area (Å²) in [7, 11) is 0. The van der Waals surface area contributed by atoms with Gasteiger partial charge in [-0.1, -0.05) is 42.5 Å². The molecule has 1 atom stereocenters. The summed E-state index contributed by atoms with van der Waals surface area (Å²) in [4.78, 5) is 23.5. The predicted molar refractivity (Wildman–Crippen MR) is 77.3 cm³/mol. The largest absolute Gasteiger partial charge is 0.483 e. The van der Waals surface area contributed by atoms with Crippen molar-refractivity contribution in [3.8, 4) is 5.75 Å². The van der Waals surface area contributed by atoms with E-state index in [-0.39, 0.29) is 11.6 Å². The van der Waals surface area contributed by atoms with Crippen molar-refractivity contribution >= 4 is 11.6 Å². The van der Waals surface area contributed by atoms with Gasteiger partial charge in [0.15, 0.2) is 11.9 Å². The van der Waals surface area contributed by atoms with Crippen LogP contribution >= 0.6 is 0 Å². The molecule has 0 radical (unpaired) electrons. The highest BCUT2D eigenvalue weighted by Crippen LogP contribution is 2.17. The molecule has 0 N–H and O–H groups in total. The summed E-state index contributed by atoms with van der Waals surface area (Å²) in [5, 5.41) is 0. The van der Waals surface area contributed by atoms with E-state index in [1.165, 1.54) is 6.92 Å². The molecule has 0 aromatic heterocycles. The Kier molecular flexibility index (Phi) is 4.31. The number of carbonyl (C=O) groups is 2. The second-order valence-corrected chi connectivity index (χ2v) is 4.57. The van der Waals surface area contributed by atoms with E-state index in [0.717, 1.165) is 0 Å². The standard InChI is InChI=1S/C17H16O3/c1-12(18)15-9-6-10-16(11-15)20-13(2)17(19)14-7-4-3-5-8-14/h3-11,13H,1-2H3. The molecule has 0 amide bonds. The van der Waals surface area contributed by atoms with Gasteiger partial charge >= 0.3 is 0 Å². The van der Waals surface area contributed by atoms with Gasteiger partial charge in [0.05, 0.1) is 0 Å². The Bertz CT molecular complexity index is 617. The molecule has 1 unspecified atom stereocenters. The van der Waals surface area contributed by atoms with Crippen LogP contribution in [-0.2, 0) is 0 Å². The van der Waals surface area contributed by atoms with E-state index in [0.29, 0.717) is 16.9 Å². The molecule has 0 bridgehead atoms. The maximum absolute atomic E-state index is 12.2. The van der Waals surface area contributed by atoms with Gasteiger partial charge < -0.3 is 4.74 Å². The number of benzene rings is 2. The lowest BCUT2D eigenvalue weighted by Gasteiger charge is -2.14. The molecule has 0 spiro atoms. The summed E-state index contributed by atoms with van der Waals surface area (Å²) in [6.07, 6.45) is -0.598. The lowest BCUT2D eigenvalue weighted by atomic mass is 10.1. The number of carbonyl (C=O) groups excluding carboxylic acids is 2. The zero-order chi connectivity index (χ0) is 14.5. The summed E-state index contributed by atoms with van der Waals surface area (Å²) >= 11 is 0. The summed E-state index contributed by atoms with van der Waals surface area (Å²) in [6.45, 7) is 3.20. The molecule has 0 saturated heterocycles. The Morgan fingerprint density at radius 1 is 0.950 bits per heavy atom. The van der Waals surface area contributed by atoms with Gasteiger partial charge in [-0.3, -0.25) is 9.59 Å². The molecule has 2 rings (SSSR count). The fourth-order valence-corrected chi connectivity index (χ4v) is 1.88. The van der Waals surface area contributed by atoms with Crippen molar-refractivity contribution in [3.05, 3.63) is 65.7 Å². The van der Waals surface area contributed by atoms with Crippen LogP contribution in [0.25, 0.3) is 0 Å². The first kappa shape index (κ1) is 14.0. The lowest BCUT2D eigenvalue weighted by Crippen LogP contribution is -2.23. The minimum atomic E-state index is -0.598. The quantitative estimate of drug-likeness (QED) is 0.779. The molecule has 0 saturated carbocycles. The van der Waals surface area contributed by atoms with Crippen molar-refractivity contribution < 1.29 is 14.3 Å². The molecule has 3 nitrogen and oxygen atoms in total. The fraction of sp³-hybridized carbons (Fsp3) is 0.176. The first-order chi connectivity index (χ1) is 9.58. The van der Waals surface area contributed by atoms with Gasteiger partial charge in [-0.05, 0) is 26.0 Å². The third-order valence-corrected chi connectivity index (χ3v) is 2.98. The number of rotatable bonds is 5. The summed E-state index contributed by atoms with van der Waals surface area (Å²) in [5.74, 6) is 0.408. The van der Waals surface area contributed by atoms with Gasteiger partial charge in [-0.2, -0.15) is 0 Å². The first-order valence-electron chi connectivity index (χ1n) is 6.45. The van der Waals surface area contributed by atoms with Crippen molar-refractivity contribution in [1.29, 1.82) is 0 Å². The van der Waals surface area contributed by atoms with Crippen LogP contribution in [0.5, 0.6) is 5.75 Å².